The number of hydrogen-bond acceptors (Lipinski definition) is 10. The zero-order chi connectivity index (χ0) is 40.8. The van der Waals surface area contributed by atoms with Gasteiger partial charge < -0.3 is 35.2 Å². The monoisotopic (exact) mass is 870 g/mol. The molecule has 5 rings (SSSR count). The van der Waals surface area contributed by atoms with Gasteiger partial charge in [0.2, 0.25) is 5.91 Å². The minimum atomic E-state index is -0.927. The zero-order valence-corrected chi connectivity index (χ0v) is 35.5. The van der Waals surface area contributed by atoms with E-state index in [0.717, 1.165) is 33.5 Å². The van der Waals surface area contributed by atoms with Crippen molar-refractivity contribution in [1.82, 2.24) is 25.3 Å². The van der Waals surface area contributed by atoms with Gasteiger partial charge in [-0.15, -0.1) is 22.1 Å². The first-order valence-corrected chi connectivity index (χ1v) is 19.0. The van der Waals surface area contributed by atoms with Crippen LogP contribution in [0.4, 0.5) is 0 Å². The molecule has 14 heteroatoms. The van der Waals surface area contributed by atoms with Gasteiger partial charge in [-0.2, -0.15) is 0 Å². The first-order chi connectivity index (χ1) is 26.8. The van der Waals surface area contributed by atoms with Crippen LogP contribution < -0.4 is 21.0 Å². The number of esters is 3. The van der Waals surface area contributed by atoms with Crippen LogP contribution in [0.5, 0.6) is 0 Å². The van der Waals surface area contributed by atoms with E-state index in [0.29, 0.717) is 77.9 Å². The number of nitrogens with one attached hydrogen (secondary N) is 1. The summed E-state index contributed by atoms with van der Waals surface area (Å²) in [6.45, 7) is 14.4. The normalized spacial score (nSPS) is 15.4. The van der Waals surface area contributed by atoms with Crippen LogP contribution in [0.2, 0.25) is 0 Å². The van der Waals surface area contributed by atoms with Gasteiger partial charge in [-0.25, -0.2) is 14.6 Å². The van der Waals surface area contributed by atoms with Crippen LogP contribution in [0.3, 0.4) is 0 Å². The molecule has 0 aromatic carbocycles. The molecule has 0 saturated carbocycles. The molecule has 0 aliphatic carbocycles. The topological polar surface area (TPSA) is 188 Å². The molecular formula is C43H52N6O7Pd. The number of fused-ring (bicyclic) bond motifs is 8. The van der Waals surface area contributed by atoms with E-state index in [9.17, 15) is 19.2 Å². The molecule has 0 saturated heterocycles. The summed E-state index contributed by atoms with van der Waals surface area (Å²) in [5, 5.41) is 2.85. The van der Waals surface area contributed by atoms with Crippen molar-refractivity contribution in [3.63, 3.8) is 0 Å². The number of methoxy groups -OCH3 is 3. The van der Waals surface area contributed by atoms with Crippen LogP contribution >= 0.6 is 0 Å². The molecule has 2 aliphatic rings. The Morgan fingerprint density at radius 1 is 0.930 bits per heavy atom. The van der Waals surface area contributed by atoms with Gasteiger partial charge in [0, 0.05) is 40.8 Å². The van der Waals surface area contributed by atoms with Gasteiger partial charge in [-0.1, -0.05) is 55.3 Å². The van der Waals surface area contributed by atoms with Gasteiger partial charge in [-0.05, 0) is 76.6 Å². The number of nitrogens with zero attached hydrogens (tertiary/aromatic N) is 4. The van der Waals surface area contributed by atoms with Crippen molar-refractivity contribution in [2.75, 3.05) is 27.9 Å². The van der Waals surface area contributed by atoms with E-state index in [2.05, 4.69) is 18.8 Å². The van der Waals surface area contributed by atoms with Crippen molar-refractivity contribution >= 4 is 57.0 Å². The van der Waals surface area contributed by atoms with Crippen molar-refractivity contribution in [3.05, 3.63) is 81.4 Å². The first kappa shape index (κ1) is 44.8. The molecule has 0 spiro atoms. The van der Waals surface area contributed by atoms with Crippen molar-refractivity contribution in [2.24, 2.45) is 5.73 Å². The average Bonchev–Trinajstić information content (AvgIpc) is 3.87. The Hall–Kier alpha value is -4.90. The van der Waals surface area contributed by atoms with Crippen LogP contribution in [0.25, 0.3) is 33.2 Å². The zero-order valence-electron chi connectivity index (χ0n) is 33.9. The number of rotatable bonds is 14. The number of aromatic nitrogens is 4. The third kappa shape index (κ3) is 9.30. The van der Waals surface area contributed by atoms with Gasteiger partial charge in [0.05, 0.1) is 39.1 Å². The Morgan fingerprint density at radius 3 is 2.28 bits per heavy atom. The van der Waals surface area contributed by atoms with Crippen molar-refractivity contribution in [1.29, 1.82) is 0 Å². The Balaban J connectivity index is 0.00000720. The number of carbonyl (C=O) groups excluding carboxylic acids is 4. The van der Waals surface area contributed by atoms with Crippen molar-refractivity contribution in [3.8, 4) is 0 Å². The smallest absolute Gasteiger partial charge is 0.657 e. The van der Waals surface area contributed by atoms with E-state index < -0.39 is 35.8 Å². The maximum atomic E-state index is 14.2. The molecule has 3 N–H and O–H groups in total. The summed E-state index contributed by atoms with van der Waals surface area (Å²) in [5.74, 6) is -2.78. The molecule has 3 aromatic heterocycles. The first-order valence-electron chi connectivity index (χ1n) is 19.0. The predicted molar refractivity (Wildman–Crippen MR) is 215 cm³/mol. The standard InChI is InChI=1S/C43H54N6O7.Pd/c1-10-26-22(3)31-19-33-24(5)28(15-16-38(51)54-7)40(48-33)29(18-37(50)47-30(42(52)55-8)14-12-13-17-44)41-39(43(53)56-9)25(6)34(49-41)21-36-27(11-2)23(4)32(46-36)20-35(26)45-31;/h10,19-21,24,28,30H,1,11-18,44H2,2-9H3,(H3,45,46,47,48,49,50,53);/q;+2/p-2/t24-,28-,30-;/m0./s1. The predicted octanol–water partition coefficient (Wildman–Crippen LogP) is 5.82. The number of ether oxygens (including phenoxy) is 3. The van der Waals surface area contributed by atoms with Crippen molar-refractivity contribution < 1.29 is 53.8 Å². The molecular weight excluding hydrogens is 819 g/mol. The number of nitrogens with two attached hydrogens (primary N) is 1. The fourth-order valence-electron chi connectivity index (χ4n) is 7.69. The van der Waals surface area contributed by atoms with Crippen LogP contribution in [-0.2, 0) is 61.9 Å². The fraction of sp³-hybridized carbons (Fsp3) is 0.442. The van der Waals surface area contributed by atoms with Crippen LogP contribution in [0, 0.1) is 13.8 Å². The Bertz CT molecular complexity index is 2260. The number of aryl methyl sites for hydroxylation is 3. The largest absolute Gasteiger partial charge is 2.00 e. The molecule has 3 aromatic rings. The maximum Gasteiger partial charge on any atom is 2.00 e. The molecule has 3 atom stereocenters. The summed E-state index contributed by atoms with van der Waals surface area (Å²) < 4.78 is 15.4. The summed E-state index contributed by atoms with van der Waals surface area (Å²) in [4.78, 5) is 73.7. The summed E-state index contributed by atoms with van der Waals surface area (Å²) in [7, 11) is 3.90. The molecule has 57 heavy (non-hydrogen) atoms. The summed E-state index contributed by atoms with van der Waals surface area (Å²) >= 11 is 0. The molecule has 13 nitrogen and oxygen atoms in total. The third-order valence-electron chi connectivity index (χ3n) is 11.0. The molecule has 306 valence electrons. The third-order valence-corrected chi connectivity index (χ3v) is 11.0. The molecule has 8 bridgehead atoms. The minimum Gasteiger partial charge on any atom is -0.657 e. The number of carbonyl (C=O) groups is 4. The summed E-state index contributed by atoms with van der Waals surface area (Å²) in [6.07, 6.45) is 4.16. The van der Waals surface area contributed by atoms with Gasteiger partial charge in [-0.3, -0.25) is 14.6 Å². The Kier molecular flexibility index (Phi) is 15.3. The molecule has 0 fully saturated rings. The second-order valence-corrected chi connectivity index (χ2v) is 14.2. The number of amides is 1. The number of unbranched alkanes of at least 4 members (excludes halogenated alkanes) is 1. The molecule has 2 aliphatic heterocycles. The van der Waals surface area contributed by atoms with E-state index in [4.69, 9.17) is 39.9 Å². The molecule has 0 radical (unpaired) electrons. The minimum absolute atomic E-state index is 0. The van der Waals surface area contributed by atoms with Gasteiger partial charge >= 0.3 is 38.3 Å². The van der Waals surface area contributed by atoms with Crippen LogP contribution in [0.15, 0.2) is 30.9 Å². The van der Waals surface area contributed by atoms with E-state index in [-0.39, 0.29) is 50.3 Å². The SMILES string of the molecule is C=CC1=C(C)c2cc3nc(c(CC(=O)N[C@@H](CCCCN)C(=O)OC)c4[n-]c(cc5[n-]c(cc1n2)c(C)c5CC)c(C)c4C(=O)OC)[C@@H](CCC(=O)OC)[C@@H]3C.[Pd+2]. The van der Waals surface area contributed by atoms with Gasteiger partial charge in [0.15, 0.2) is 0 Å². The second kappa shape index (κ2) is 19.5. The van der Waals surface area contributed by atoms with E-state index in [1.165, 1.54) is 21.3 Å². The summed E-state index contributed by atoms with van der Waals surface area (Å²) in [6, 6.07) is 4.82. The number of allylic oxidation sites excluding steroid dienone is 3. The van der Waals surface area contributed by atoms with Crippen LogP contribution in [-0.4, -0.2) is 67.7 Å². The number of hydrogen-bond donors (Lipinski definition) is 2. The van der Waals surface area contributed by atoms with E-state index >= 15 is 0 Å². The fourth-order valence-corrected chi connectivity index (χ4v) is 7.69. The van der Waals surface area contributed by atoms with E-state index in [1.807, 2.05) is 39.0 Å². The average molecular weight is 871 g/mol. The molecule has 1 amide bonds. The quantitative estimate of drug-likeness (QED) is 0.0857. The van der Waals surface area contributed by atoms with Gasteiger partial charge in [0.1, 0.15) is 6.04 Å². The Morgan fingerprint density at radius 2 is 1.65 bits per heavy atom. The summed E-state index contributed by atoms with van der Waals surface area (Å²) in [5.41, 5.74) is 15.3. The second-order valence-electron chi connectivity index (χ2n) is 14.2. The van der Waals surface area contributed by atoms with Crippen LogP contribution in [0.1, 0.15) is 120 Å². The molecule has 5 heterocycles. The molecule has 0 unspecified atom stereocenters. The van der Waals surface area contributed by atoms with Crippen molar-refractivity contribution in [2.45, 2.75) is 97.4 Å². The Labute approximate surface area is 347 Å². The van der Waals surface area contributed by atoms with E-state index in [1.54, 1.807) is 13.0 Å². The maximum absolute atomic E-state index is 14.2. The van der Waals surface area contributed by atoms with Gasteiger partial charge in [0.25, 0.3) is 0 Å².